The third-order valence-electron chi connectivity index (χ3n) is 4.24. The number of piperidine rings is 1. The van der Waals surface area contributed by atoms with Crippen LogP contribution in [0.15, 0.2) is 4.99 Å². The maximum atomic E-state index is 4.67. The van der Waals surface area contributed by atoms with Gasteiger partial charge in [-0.1, -0.05) is 13.8 Å². The van der Waals surface area contributed by atoms with E-state index in [1.165, 1.54) is 45.2 Å². The molecule has 0 bridgehead atoms. The summed E-state index contributed by atoms with van der Waals surface area (Å²) in [6, 6.07) is 0. The summed E-state index contributed by atoms with van der Waals surface area (Å²) in [6.07, 6.45) is 6.41. The second-order valence-electron chi connectivity index (χ2n) is 6.76. The molecule has 1 saturated heterocycles. The van der Waals surface area contributed by atoms with E-state index in [2.05, 4.69) is 48.3 Å². The van der Waals surface area contributed by atoms with Crippen molar-refractivity contribution in [3.05, 3.63) is 0 Å². The van der Waals surface area contributed by atoms with Gasteiger partial charge in [0.2, 0.25) is 0 Å². The van der Waals surface area contributed by atoms with Crippen LogP contribution in [0, 0.1) is 11.8 Å². The Morgan fingerprint density at radius 3 is 2.50 bits per heavy atom. The van der Waals surface area contributed by atoms with Gasteiger partial charge in [0.1, 0.15) is 0 Å². The molecule has 0 aromatic heterocycles. The zero-order valence-electron chi connectivity index (χ0n) is 15.0. The number of hydrogen-bond donors (Lipinski definition) is 2. The molecule has 0 atom stereocenters. The lowest BCUT2D eigenvalue weighted by Gasteiger charge is -2.29. The molecule has 1 rings (SSSR count). The van der Waals surface area contributed by atoms with Gasteiger partial charge >= 0.3 is 0 Å². The number of hydrogen-bond acceptors (Lipinski definition) is 2. The van der Waals surface area contributed by atoms with Crippen LogP contribution >= 0.6 is 24.0 Å². The van der Waals surface area contributed by atoms with Gasteiger partial charge in [0.05, 0.1) is 0 Å². The molecule has 22 heavy (non-hydrogen) atoms. The van der Waals surface area contributed by atoms with E-state index in [0.29, 0.717) is 0 Å². The molecule has 0 saturated carbocycles. The van der Waals surface area contributed by atoms with E-state index in [1.54, 1.807) is 0 Å². The lowest BCUT2D eigenvalue weighted by Crippen LogP contribution is -2.39. The van der Waals surface area contributed by atoms with E-state index < -0.39 is 0 Å². The Morgan fingerprint density at radius 1 is 1.23 bits per heavy atom. The summed E-state index contributed by atoms with van der Waals surface area (Å²) in [6.45, 7) is 12.1. The predicted molar refractivity (Wildman–Crippen MR) is 108 cm³/mol. The number of rotatable bonds is 8. The highest BCUT2D eigenvalue weighted by Crippen LogP contribution is 2.18. The van der Waals surface area contributed by atoms with E-state index in [0.717, 1.165) is 37.4 Å². The van der Waals surface area contributed by atoms with Crippen LogP contribution in [0.25, 0.3) is 0 Å². The largest absolute Gasteiger partial charge is 0.357 e. The van der Waals surface area contributed by atoms with Crippen LogP contribution in [0.5, 0.6) is 0 Å². The average Bonchev–Trinajstić information content (AvgIpc) is 2.45. The molecule has 1 heterocycles. The van der Waals surface area contributed by atoms with Gasteiger partial charge in [-0.2, -0.15) is 0 Å². The van der Waals surface area contributed by atoms with Crippen LogP contribution in [0.4, 0.5) is 0 Å². The van der Waals surface area contributed by atoms with Gasteiger partial charge in [-0.25, -0.2) is 0 Å². The van der Waals surface area contributed by atoms with E-state index >= 15 is 0 Å². The molecule has 0 radical (unpaired) electrons. The van der Waals surface area contributed by atoms with Crippen LogP contribution in [0.1, 0.15) is 52.9 Å². The van der Waals surface area contributed by atoms with Gasteiger partial charge < -0.3 is 15.5 Å². The Morgan fingerprint density at radius 2 is 1.91 bits per heavy atom. The fraction of sp³-hybridized carbons (Fsp3) is 0.941. The molecular weight excluding hydrogens is 387 g/mol. The van der Waals surface area contributed by atoms with Crippen molar-refractivity contribution >= 4 is 29.9 Å². The first kappa shape index (κ1) is 22.0. The minimum atomic E-state index is 0. The topological polar surface area (TPSA) is 39.7 Å². The van der Waals surface area contributed by atoms with Crippen LogP contribution in [0.2, 0.25) is 0 Å². The highest BCUT2D eigenvalue weighted by molar-refractivity contribution is 14.0. The molecule has 1 aliphatic heterocycles. The smallest absolute Gasteiger partial charge is 0.191 e. The summed E-state index contributed by atoms with van der Waals surface area (Å²) in [5, 5.41) is 6.84. The lowest BCUT2D eigenvalue weighted by molar-refractivity contribution is 0.213. The van der Waals surface area contributed by atoms with Crippen molar-refractivity contribution in [2.75, 3.05) is 39.8 Å². The van der Waals surface area contributed by atoms with Crippen LogP contribution in [0.3, 0.4) is 0 Å². The first-order valence-corrected chi connectivity index (χ1v) is 8.82. The molecule has 0 aromatic rings. The van der Waals surface area contributed by atoms with Gasteiger partial charge in [0.15, 0.2) is 5.96 Å². The molecule has 5 heteroatoms. The maximum Gasteiger partial charge on any atom is 0.191 e. The molecule has 0 amide bonds. The predicted octanol–water partition coefficient (Wildman–Crippen LogP) is 3.33. The Kier molecular flexibility index (Phi) is 13.4. The number of halogens is 1. The fourth-order valence-electron chi connectivity index (χ4n) is 2.78. The zero-order chi connectivity index (χ0) is 15.5. The summed E-state index contributed by atoms with van der Waals surface area (Å²) in [5.74, 6) is 2.66. The van der Waals surface area contributed by atoms with E-state index in [1.807, 2.05) is 0 Å². The van der Waals surface area contributed by atoms with Crippen molar-refractivity contribution in [3.63, 3.8) is 0 Å². The Balaban J connectivity index is 0.00000441. The first-order chi connectivity index (χ1) is 10.1. The SMILES string of the molecule is CCNC(=NCCCC(C)C)NCCC1CCN(C)CC1.I. The van der Waals surface area contributed by atoms with Gasteiger partial charge in [0, 0.05) is 19.6 Å². The Bertz CT molecular complexity index is 286. The molecule has 0 aromatic carbocycles. The van der Waals surface area contributed by atoms with Crippen molar-refractivity contribution in [3.8, 4) is 0 Å². The molecule has 132 valence electrons. The van der Waals surface area contributed by atoms with E-state index in [-0.39, 0.29) is 24.0 Å². The fourth-order valence-corrected chi connectivity index (χ4v) is 2.78. The number of aliphatic imine (C=N–C) groups is 1. The van der Waals surface area contributed by atoms with E-state index in [9.17, 15) is 0 Å². The van der Waals surface area contributed by atoms with Crippen LogP contribution < -0.4 is 10.6 Å². The average molecular weight is 424 g/mol. The molecule has 2 N–H and O–H groups in total. The summed E-state index contributed by atoms with van der Waals surface area (Å²) < 4.78 is 0. The number of guanidine groups is 1. The monoisotopic (exact) mass is 424 g/mol. The van der Waals surface area contributed by atoms with Gasteiger partial charge in [0.25, 0.3) is 0 Å². The summed E-state index contributed by atoms with van der Waals surface area (Å²) >= 11 is 0. The van der Waals surface area contributed by atoms with Gasteiger partial charge in [-0.15, -0.1) is 24.0 Å². The molecule has 1 aliphatic rings. The normalized spacial score (nSPS) is 17.4. The standard InChI is InChI=1S/C17H36N4.HI/c1-5-18-17(19-11-6-7-15(2)3)20-12-8-16-9-13-21(4)14-10-16;/h15-16H,5-14H2,1-4H3,(H2,18,19,20);1H. The Hall–Kier alpha value is -0.0400. The van der Waals surface area contributed by atoms with E-state index in [4.69, 9.17) is 0 Å². The highest BCUT2D eigenvalue weighted by atomic mass is 127. The Labute approximate surface area is 154 Å². The first-order valence-electron chi connectivity index (χ1n) is 8.82. The molecule has 4 nitrogen and oxygen atoms in total. The van der Waals surface area contributed by atoms with Crippen molar-refractivity contribution in [1.82, 2.24) is 15.5 Å². The maximum absolute atomic E-state index is 4.67. The summed E-state index contributed by atoms with van der Waals surface area (Å²) in [5.41, 5.74) is 0. The van der Waals surface area contributed by atoms with Crippen molar-refractivity contribution in [2.45, 2.75) is 52.9 Å². The quantitative estimate of drug-likeness (QED) is 0.272. The number of nitrogens with zero attached hydrogens (tertiary/aromatic N) is 2. The second kappa shape index (κ2) is 13.4. The molecular formula is C17H37IN4. The molecule has 0 unspecified atom stereocenters. The zero-order valence-corrected chi connectivity index (χ0v) is 17.4. The van der Waals surface area contributed by atoms with Crippen LogP contribution in [-0.2, 0) is 0 Å². The van der Waals surface area contributed by atoms with Gasteiger partial charge in [-0.05, 0) is 71.0 Å². The summed E-state index contributed by atoms with van der Waals surface area (Å²) in [7, 11) is 2.22. The van der Waals surface area contributed by atoms with Gasteiger partial charge in [-0.3, -0.25) is 4.99 Å². The summed E-state index contributed by atoms with van der Waals surface area (Å²) in [4.78, 5) is 7.10. The van der Waals surface area contributed by atoms with Crippen molar-refractivity contribution in [1.29, 1.82) is 0 Å². The number of likely N-dealkylation sites (tertiary alicyclic amines) is 1. The molecule has 1 fully saturated rings. The van der Waals surface area contributed by atoms with Crippen molar-refractivity contribution < 1.29 is 0 Å². The highest BCUT2D eigenvalue weighted by Gasteiger charge is 2.16. The van der Waals surface area contributed by atoms with Crippen molar-refractivity contribution in [2.24, 2.45) is 16.8 Å². The molecule has 0 spiro atoms. The molecule has 0 aliphatic carbocycles. The minimum Gasteiger partial charge on any atom is -0.357 e. The third kappa shape index (κ3) is 10.6. The van der Waals surface area contributed by atoms with Crippen LogP contribution in [-0.4, -0.2) is 50.6 Å². The number of nitrogens with one attached hydrogen (secondary N) is 2. The minimum absolute atomic E-state index is 0. The lowest BCUT2D eigenvalue weighted by atomic mass is 9.94. The second-order valence-corrected chi connectivity index (χ2v) is 6.76. The third-order valence-corrected chi connectivity index (χ3v) is 4.24.